The highest BCUT2D eigenvalue weighted by Crippen LogP contribution is 2.24. The van der Waals surface area contributed by atoms with Crippen LogP contribution in [-0.4, -0.2) is 47.5 Å². The van der Waals surface area contributed by atoms with Crippen LogP contribution in [0.25, 0.3) is 11.5 Å². The van der Waals surface area contributed by atoms with E-state index in [0.717, 1.165) is 11.3 Å². The first-order chi connectivity index (χ1) is 14.5. The molecule has 0 aromatic carbocycles. The zero-order valence-corrected chi connectivity index (χ0v) is 17.7. The molecular weight excluding hydrogens is 429 g/mol. The van der Waals surface area contributed by atoms with Crippen LogP contribution in [0.2, 0.25) is 10.2 Å². The van der Waals surface area contributed by atoms with E-state index in [0.29, 0.717) is 27.2 Å². The quantitative estimate of drug-likeness (QED) is 0.430. The van der Waals surface area contributed by atoms with E-state index < -0.39 is 0 Å². The smallest absolute Gasteiger partial charge is 0.193 e. The second-order valence-electron chi connectivity index (χ2n) is 6.64. The number of ketones is 1. The van der Waals surface area contributed by atoms with Crippen molar-refractivity contribution < 1.29 is 9.53 Å². The van der Waals surface area contributed by atoms with Crippen LogP contribution < -0.4 is 0 Å². The maximum Gasteiger partial charge on any atom is 0.193 e. The second-order valence-corrected chi connectivity index (χ2v) is 7.44. The van der Waals surface area contributed by atoms with Gasteiger partial charge in [-0.25, -0.2) is 14.5 Å². The maximum atomic E-state index is 12.8. The summed E-state index contributed by atoms with van der Waals surface area (Å²) in [5.41, 5.74) is 2.74. The summed E-state index contributed by atoms with van der Waals surface area (Å²) in [5.74, 6) is 0.376. The molecule has 4 aromatic rings. The van der Waals surface area contributed by atoms with Crippen molar-refractivity contribution in [1.82, 2.24) is 34.6 Å². The zero-order valence-electron chi connectivity index (χ0n) is 16.2. The number of methoxy groups -OCH3 is 1. The van der Waals surface area contributed by atoms with Gasteiger partial charge in [-0.2, -0.15) is 15.3 Å². The molecule has 154 valence electrons. The van der Waals surface area contributed by atoms with E-state index >= 15 is 0 Å². The molecule has 0 aliphatic heterocycles. The van der Waals surface area contributed by atoms with Gasteiger partial charge in [-0.15, -0.1) is 4.80 Å². The minimum Gasteiger partial charge on any atom is -0.375 e. The number of ether oxygens (including phenoxy) is 1. The average Bonchev–Trinajstić information content (AvgIpc) is 3.36. The average molecular weight is 446 g/mol. The lowest BCUT2D eigenvalue weighted by molar-refractivity contribution is -0.117. The molecule has 9 nitrogen and oxygen atoms in total. The van der Waals surface area contributed by atoms with Crippen molar-refractivity contribution in [1.29, 1.82) is 0 Å². The number of fused-ring (bicyclic) bond motifs is 1. The molecule has 0 spiro atoms. The Kier molecular flexibility index (Phi) is 5.76. The Labute approximate surface area is 181 Å². The number of pyridine rings is 1. The maximum absolute atomic E-state index is 12.8. The number of rotatable bonds is 7. The summed E-state index contributed by atoms with van der Waals surface area (Å²) in [6.07, 6.45) is 6.34. The van der Waals surface area contributed by atoms with Crippen molar-refractivity contribution in [3.63, 3.8) is 0 Å². The highest BCUT2D eigenvalue weighted by atomic mass is 35.5. The largest absolute Gasteiger partial charge is 0.375 e. The fourth-order valence-electron chi connectivity index (χ4n) is 3.18. The van der Waals surface area contributed by atoms with Crippen LogP contribution in [0.3, 0.4) is 0 Å². The van der Waals surface area contributed by atoms with Gasteiger partial charge in [-0.3, -0.25) is 4.79 Å². The van der Waals surface area contributed by atoms with Crippen LogP contribution in [0.15, 0.2) is 36.9 Å². The first kappa shape index (κ1) is 20.4. The topological polar surface area (TPSA) is 100 Å². The van der Waals surface area contributed by atoms with E-state index in [1.54, 1.807) is 36.2 Å². The molecule has 0 saturated carbocycles. The zero-order chi connectivity index (χ0) is 21.3. The molecule has 0 fully saturated rings. The Morgan fingerprint density at radius 2 is 1.90 bits per heavy atom. The van der Waals surface area contributed by atoms with Crippen molar-refractivity contribution in [3.8, 4) is 5.82 Å². The summed E-state index contributed by atoms with van der Waals surface area (Å²) in [6, 6.07) is 3.35. The summed E-state index contributed by atoms with van der Waals surface area (Å²) in [5, 5.41) is 13.0. The third-order valence-electron chi connectivity index (χ3n) is 4.58. The summed E-state index contributed by atoms with van der Waals surface area (Å²) in [7, 11) is 1.59. The van der Waals surface area contributed by atoms with Crippen LogP contribution in [0.4, 0.5) is 0 Å². The lowest BCUT2D eigenvalue weighted by Crippen LogP contribution is -2.15. The molecule has 4 rings (SSSR count). The van der Waals surface area contributed by atoms with Crippen LogP contribution in [-0.2, 0) is 22.4 Å². The summed E-state index contributed by atoms with van der Waals surface area (Å²) >= 11 is 12.3. The van der Waals surface area contributed by atoms with Gasteiger partial charge in [0.25, 0.3) is 0 Å². The number of halogens is 2. The molecule has 0 radical (unpaired) electrons. The lowest BCUT2D eigenvalue weighted by Gasteiger charge is -2.16. The van der Waals surface area contributed by atoms with E-state index in [9.17, 15) is 4.79 Å². The van der Waals surface area contributed by atoms with E-state index in [4.69, 9.17) is 27.9 Å². The van der Waals surface area contributed by atoms with Gasteiger partial charge in [0.2, 0.25) is 0 Å². The monoisotopic (exact) mass is 445 g/mol. The van der Waals surface area contributed by atoms with Crippen molar-refractivity contribution in [2.45, 2.75) is 25.9 Å². The third kappa shape index (κ3) is 4.04. The van der Waals surface area contributed by atoms with Crippen LogP contribution in [0.5, 0.6) is 0 Å². The number of nitrogens with zero attached hydrogens (tertiary/aromatic N) is 7. The van der Waals surface area contributed by atoms with Gasteiger partial charge in [-0.05, 0) is 18.6 Å². The summed E-state index contributed by atoms with van der Waals surface area (Å²) in [6.45, 7) is 1.88. The SMILES string of the molecule is CO[C@@H](C)c1c(CC(=O)Cc2cnc(-n3nccn3)c(Cl)c2)cnc2cc(Cl)nn12. The number of hydrogen-bond donors (Lipinski definition) is 0. The molecule has 0 N–H and O–H groups in total. The molecule has 0 unspecified atom stereocenters. The Morgan fingerprint density at radius 3 is 2.60 bits per heavy atom. The van der Waals surface area contributed by atoms with Crippen molar-refractivity contribution in [2.24, 2.45) is 0 Å². The highest BCUT2D eigenvalue weighted by Gasteiger charge is 2.20. The van der Waals surface area contributed by atoms with Gasteiger partial charge >= 0.3 is 0 Å². The van der Waals surface area contributed by atoms with Crippen LogP contribution in [0, 0.1) is 0 Å². The minimum absolute atomic E-state index is 0.0261. The number of carbonyl (C=O) groups is 1. The third-order valence-corrected chi connectivity index (χ3v) is 5.05. The Balaban J connectivity index is 1.57. The predicted molar refractivity (Wildman–Crippen MR) is 110 cm³/mol. The van der Waals surface area contributed by atoms with Crippen LogP contribution in [0.1, 0.15) is 29.8 Å². The lowest BCUT2D eigenvalue weighted by atomic mass is 10.0. The Bertz CT molecular complexity index is 1210. The number of aromatic nitrogens is 7. The molecule has 0 aliphatic rings. The van der Waals surface area contributed by atoms with Gasteiger partial charge in [0.15, 0.2) is 16.6 Å². The van der Waals surface area contributed by atoms with Crippen molar-refractivity contribution >= 4 is 34.6 Å². The standard InChI is InChI=1S/C19H17Cl2N7O2/c1-11(30-2)18-13(10-22-17-8-16(21)26-27(17)18)7-14(29)5-12-6-15(20)19(23-9-12)28-24-3-4-25-28/h3-4,6,8-11H,5,7H2,1-2H3/t11-/m0/s1. The molecule has 4 heterocycles. The second kappa shape index (κ2) is 8.47. The van der Waals surface area contributed by atoms with E-state index in [-0.39, 0.29) is 24.7 Å². The predicted octanol–water partition coefficient (Wildman–Crippen LogP) is 3.07. The Morgan fingerprint density at radius 1 is 1.13 bits per heavy atom. The fraction of sp³-hybridized carbons (Fsp3) is 0.263. The number of hydrogen-bond acceptors (Lipinski definition) is 7. The van der Waals surface area contributed by atoms with Crippen molar-refractivity contribution in [2.75, 3.05) is 7.11 Å². The van der Waals surface area contributed by atoms with Gasteiger partial charge < -0.3 is 4.74 Å². The number of carbonyl (C=O) groups excluding carboxylic acids is 1. The van der Waals surface area contributed by atoms with E-state index in [1.165, 1.54) is 17.2 Å². The van der Waals surface area contributed by atoms with Crippen LogP contribution >= 0.6 is 23.2 Å². The van der Waals surface area contributed by atoms with Gasteiger partial charge in [0.05, 0.1) is 29.2 Å². The summed E-state index contributed by atoms with van der Waals surface area (Å²) in [4.78, 5) is 22.7. The van der Waals surface area contributed by atoms with Crippen molar-refractivity contribution in [3.05, 3.63) is 63.9 Å². The molecule has 0 bridgehead atoms. The first-order valence-electron chi connectivity index (χ1n) is 9.05. The molecule has 30 heavy (non-hydrogen) atoms. The fourth-order valence-corrected chi connectivity index (χ4v) is 3.62. The Hall–Kier alpha value is -2.88. The first-order valence-corrected chi connectivity index (χ1v) is 9.80. The normalized spacial score (nSPS) is 12.4. The molecule has 0 aliphatic carbocycles. The highest BCUT2D eigenvalue weighted by molar-refractivity contribution is 6.32. The van der Waals surface area contributed by atoms with E-state index in [1.807, 2.05) is 6.92 Å². The molecule has 11 heteroatoms. The van der Waals surface area contributed by atoms with E-state index in [2.05, 4.69) is 25.3 Å². The summed E-state index contributed by atoms with van der Waals surface area (Å²) < 4.78 is 7.09. The minimum atomic E-state index is -0.300. The number of Topliss-reactive ketones (excluding diaryl/α,β-unsaturated/α-hetero) is 1. The van der Waals surface area contributed by atoms with Gasteiger partial charge in [0, 0.05) is 44.0 Å². The molecular formula is C19H17Cl2N7O2. The molecule has 1 atom stereocenters. The van der Waals surface area contributed by atoms with Gasteiger partial charge in [0.1, 0.15) is 5.78 Å². The molecule has 0 saturated heterocycles. The van der Waals surface area contributed by atoms with Gasteiger partial charge in [-0.1, -0.05) is 23.2 Å². The molecule has 4 aromatic heterocycles. The molecule has 0 amide bonds.